The van der Waals surface area contributed by atoms with Gasteiger partial charge in [-0.1, -0.05) is 12.1 Å². The zero-order valence-electron chi connectivity index (χ0n) is 10.1. The number of aromatic nitrogens is 1. The molecule has 0 aliphatic rings. The number of aryl methyl sites for hydroxylation is 1. The Morgan fingerprint density at radius 1 is 1.42 bits per heavy atom. The first-order valence-corrected chi connectivity index (χ1v) is 6.35. The number of nitro groups is 1. The van der Waals surface area contributed by atoms with Gasteiger partial charge < -0.3 is 4.57 Å². The summed E-state index contributed by atoms with van der Waals surface area (Å²) in [5.41, 5.74) is 0.719. The fourth-order valence-corrected chi connectivity index (χ4v) is 2.24. The zero-order chi connectivity index (χ0) is 13.8. The predicted molar refractivity (Wildman–Crippen MR) is 70.7 cm³/mol. The monoisotopic (exact) mass is 277 g/mol. The van der Waals surface area contributed by atoms with Gasteiger partial charge in [-0.2, -0.15) is 4.99 Å². The summed E-state index contributed by atoms with van der Waals surface area (Å²) >= 11 is 1.38. The fourth-order valence-electron chi connectivity index (χ4n) is 1.49. The quantitative estimate of drug-likeness (QED) is 0.632. The Morgan fingerprint density at radius 2 is 2.11 bits per heavy atom. The second-order valence-electron chi connectivity index (χ2n) is 3.90. The number of rotatable bonds is 3. The van der Waals surface area contributed by atoms with Crippen LogP contribution in [0.3, 0.4) is 0 Å². The molecule has 98 valence electrons. The average molecular weight is 277 g/mol. The molecule has 1 amide bonds. The normalized spacial score (nSPS) is 11.5. The van der Waals surface area contributed by atoms with Crippen molar-refractivity contribution in [3.63, 3.8) is 0 Å². The van der Waals surface area contributed by atoms with Gasteiger partial charge in [-0.3, -0.25) is 14.9 Å². The van der Waals surface area contributed by atoms with E-state index in [9.17, 15) is 14.9 Å². The highest BCUT2D eigenvalue weighted by atomic mass is 32.1. The summed E-state index contributed by atoms with van der Waals surface area (Å²) in [6.45, 7) is 0. The second kappa shape index (κ2) is 5.57. The van der Waals surface area contributed by atoms with Gasteiger partial charge in [-0.05, 0) is 5.56 Å². The maximum Gasteiger partial charge on any atom is 0.269 e. The molecule has 0 aliphatic heterocycles. The summed E-state index contributed by atoms with van der Waals surface area (Å²) in [6, 6.07) is 5.90. The van der Waals surface area contributed by atoms with Gasteiger partial charge in [0.05, 0.1) is 11.3 Å². The number of hydrogen-bond donors (Lipinski definition) is 0. The van der Waals surface area contributed by atoms with Crippen molar-refractivity contribution in [3.05, 3.63) is 56.3 Å². The maximum atomic E-state index is 11.7. The maximum absolute atomic E-state index is 11.7. The topological polar surface area (TPSA) is 77.5 Å². The molecule has 0 unspecified atom stereocenters. The molecule has 1 aromatic heterocycles. The minimum Gasteiger partial charge on any atom is -0.327 e. The van der Waals surface area contributed by atoms with Crippen molar-refractivity contribution < 1.29 is 9.72 Å². The molecule has 2 rings (SSSR count). The summed E-state index contributed by atoms with van der Waals surface area (Å²) < 4.78 is 1.76. The summed E-state index contributed by atoms with van der Waals surface area (Å²) in [7, 11) is 1.81. The molecule has 0 radical (unpaired) electrons. The molecule has 0 aliphatic carbocycles. The summed E-state index contributed by atoms with van der Waals surface area (Å²) in [5.74, 6) is -0.271. The predicted octanol–water partition coefficient (Wildman–Crippen LogP) is 1.66. The van der Waals surface area contributed by atoms with E-state index < -0.39 is 4.92 Å². The summed E-state index contributed by atoms with van der Waals surface area (Å²) in [5, 5.41) is 12.3. The summed E-state index contributed by atoms with van der Waals surface area (Å²) in [6.07, 6.45) is 1.96. The molecule has 2 aromatic rings. The summed E-state index contributed by atoms with van der Waals surface area (Å²) in [4.78, 5) is 26.4. The van der Waals surface area contributed by atoms with Gasteiger partial charge >= 0.3 is 0 Å². The molecule has 0 saturated heterocycles. The molecular weight excluding hydrogens is 266 g/mol. The lowest BCUT2D eigenvalue weighted by atomic mass is 10.1. The van der Waals surface area contributed by atoms with E-state index in [4.69, 9.17) is 0 Å². The molecule has 1 heterocycles. The SMILES string of the molecule is Cn1ccsc1=NC(=O)Cc1ccc([N+](=O)[O-])cc1. The number of carbonyl (C=O) groups excluding carboxylic acids is 1. The lowest BCUT2D eigenvalue weighted by Gasteiger charge is -1.97. The smallest absolute Gasteiger partial charge is 0.269 e. The van der Waals surface area contributed by atoms with Crippen molar-refractivity contribution in [1.29, 1.82) is 0 Å². The molecule has 0 N–H and O–H groups in total. The van der Waals surface area contributed by atoms with E-state index in [1.165, 1.54) is 23.5 Å². The molecular formula is C12H11N3O3S. The van der Waals surface area contributed by atoms with E-state index >= 15 is 0 Å². The van der Waals surface area contributed by atoms with Crippen LogP contribution in [0.1, 0.15) is 5.56 Å². The van der Waals surface area contributed by atoms with Crippen molar-refractivity contribution in [3.8, 4) is 0 Å². The third-order valence-corrected chi connectivity index (χ3v) is 3.33. The van der Waals surface area contributed by atoms with Gasteiger partial charge in [-0.15, -0.1) is 11.3 Å². The van der Waals surface area contributed by atoms with Crippen LogP contribution < -0.4 is 4.80 Å². The standard InChI is InChI=1S/C12H11N3O3S/c1-14-6-7-19-12(14)13-11(16)8-9-2-4-10(5-3-9)15(17)18/h2-7H,8H2,1H3. The molecule has 19 heavy (non-hydrogen) atoms. The van der Waals surface area contributed by atoms with Gasteiger partial charge in [0.2, 0.25) is 0 Å². The van der Waals surface area contributed by atoms with Crippen LogP contribution in [0.25, 0.3) is 0 Å². The molecule has 6 nitrogen and oxygen atoms in total. The molecule has 0 bridgehead atoms. The van der Waals surface area contributed by atoms with Gasteiger partial charge in [0.1, 0.15) is 0 Å². The van der Waals surface area contributed by atoms with Gasteiger partial charge in [0, 0.05) is 30.8 Å². The van der Waals surface area contributed by atoms with Crippen molar-refractivity contribution in [2.24, 2.45) is 12.0 Å². The van der Waals surface area contributed by atoms with Crippen LogP contribution in [-0.2, 0) is 18.3 Å². The average Bonchev–Trinajstić information content (AvgIpc) is 2.75. The first-order chi connectivity index (χ1) is 9.06. The fraction of sp³-hybridized carbons (Fsp3) is 0.167. The Labute approximate surface area is 112 Å². The first-order valence-electron chi connectivity index (χ1n) is 5.47. The molecule has 7 heteroatoms. The second-order valence-corrected chi connectivity index (χ2v) is 4.78. The number of nitro benzene ring substituents is 1. The Kier molecular flexibility index (Phi) is 3.86. The van der Waals surface area contributed by atoms with Crippen LogP contribution >= 0.6 is 11.3 Å². The minimum absolute atomic E-state index is 0.0118. The van der Waals surface area contributed by atoms with Gasteiger partial charge in [0.25, 0.3) is 11.6 Å². The van der Waals surface area contributed by atoms with Crippen molar-refractivity contribution in [1.82, 2.24) is 4.57 Å². The third kappa shape index (κ3) is 3.35. The highest BCUT2D eigenvalue weighted by Gasteiger charge is 2.06. The molecule has 0 saturated carbocycles. The zero-order valence-corrected chi connectivity index (χ0v) is 11.0. The Bertz CT molecular complexity index is 670. The van der Waals surface area contributed by atoms with E-state index in [-0.39, 0.29) is 18.0 Å². The third-order valence-electron chi connectivity index (χ3n) is 2.48. The first kappa shape index (κ1) is 13.2. The Hall–Kier alpha value is -2.28. The molecule has 0 spiro atoms. The van der Waals surface area contributed by atoms with Crippen LogP contribution in [0.5, 0.6) is 0 Å². The van der Waals surface area contributed by atoms with E-state index in [1.54, 1.807) is 16.7 Å². The number of carbonyl (C=O) groups is 1. The minimum atomic E-state index is -0.471. The highest BCUT2D eigenvalue weighted by molar-refractivity contribution is 7.07. The number of benzene rings is 1. The van der Waals surface area contributed by atoms with E-state index in [2.05, 4.69) is 4.99 Å². The largest absolute Gasteiger partial charge is 0.327 e. The molecule has 0 atom stereocenters. The van der Waals surface area contributed by atoms with Gasteiger partial charge in [0.15, 0.2) is 4.80 Å². The van der Waals surface area contributed by atoms with Crippen LogP contribution in [0.15, 0.2) is 40.8 Å². The van der Waals surface area contributed by atoms with Crippen molar-refractivity contribution in [2.45, 2.75) is 6.42 Å². The Balaban J connectivity index is 2.12. The number of hydrogen-bond acceptors (Lipinski definition) is 4. The van der Waals surface area contributed by atoms with E-state index in [0.717, 1.165) is 0 Å². The van der Waals surface area contributed by atoms with E-state index in [1.807, 2.05) is 18.6 Å². The number of non-ortho nitro benzene ring substituents is 1. The molecule has 1 aromatic carbocycles. The van der Waals surface area contributed by atoms with Crippen molar-refractivity contribution in [2.75, 3.05) is 0 Å². The van der Waals surface area contributed by atoms with Crippen LogP contribution in [0.2, 0.25) is 0 Å². The molecule has 0 fully saturated rings. The van der Waals surface area contributed by atoms with Gasteiger partial charge in [-0.25, -0.2) is 0 Å². The number of amides is 1. The van der Waals surface area contributed by atoms with Crippen LogP contribution in [-0.4, -0.2) is 15.4 Å². The van der Waals surface area contributed by atoms with Crippen LogP contribution in [0.4, 0.5) is 5.69 Å². The lowest BCUT2D eigenvalue weighted by Crippen LogP contribution is -2.13. The van der Waals surface area contributed by atoms with Crippen molar-refractivity contribution >= 4 is 22.9 Å². The highest BCUT2D eigenvalue weighted by Crippen LogP contribution is 2.12. The van der Waals surface area contributed by atoms with E-state index in [0.29, 0.717) is 10.4 Å². The van der Waals surface area contributed by atoms with Crippen LogP contribution in [0, 0.1) is 10.1 Å². The number of nitrogens with zero attached hydrogens (tertiary/aromatic N) is 3. The Morgan fingerprint density at radius 3 is 2.63 bits per heavy atom. The number of thiazole rings is 1. The lowest BCUT2D eigenvalue weighted by molar-refractivity contribution is -0.384.